The number of Topliss-reactive ketones (excluding diaryl/α,β-unsaturated/α-hetero) is 1. The lowest BCUT2D eigenvalue weighted by molar-refractivity contribution is -0.139. The number of pyridine rings is 1. The first-order valence-electron chi connectivity index (χ1n) is 11.7. The number of ketones is 1. The largest absolute Gasteiger partial charge is 0.505 e. The Morgan fingerprint density at radius 1 is 1.12 bits per heavy atom. The van der Waals surface area contributed by atoms with Crippen molar-refractivity contribution in [2.45, 2.75) is 39.2 Å². The van der Waals surface area contributed by atoms with E-state index in [1.54, 1.807) is 22.4 Å². The lowest BCUT2D eigenvalue weighted by Crippen LogP contribution is -2.32. The summed E-state index contributed by atoms with van der Waals surface area (Å²) in [5, 5.41) is 11.5. The summed E-state index contributed by atoms with van der Waals surface area (Å²) in [7, 11) is 3.95. The van der Waals surface area contributed by atoms with Gasteiger partial charge in [0.05, 0.1) is 17.3 Å². The maximum atomic E-state index is 13.3. The van der Waals surface area contributed by atoms with Gasteiger partial charge in [0, 0.05) is 12.7 Å². The van der Waals surface area contributed by atoms with Crippen molar-refractivity contribution >= 4 is 23.1 Å². The van der Waals surface area contributed by atoms with Gasteiger partial charge in [-0.1, -0.05) is 44.2 Å². The summed E-state index contributed by atoms with van der Waals surface area (Å²) in [5.74, 6) is -1.07. The number of carbonyl (C=O) groups is 2. The van der Waals surface area contributed by atoms with E-state index in [0.717, 1.165) is 18.5 Å². The molecule has 0 aliphatic carbocycles. The zero-order valence-electron chi connectivity index (χ0n) is 20.4. The molecule has 178 valence electrons. The second-order valence-electron chi connectivity index (χ2n) is 9.45. The molecule has 3 heterocycles. The zero-order chi connectivity index (χ0) is 24.6. The summed E-state index contributed by atoms with van der Waals surface area (Å²) < 4.78 is 1.75. The van der Waals surface area contributed by atoms with Gasteiger partial charge >= 0.3 is 0 Å². The number of nitrogens with zero attached hydrogens (tertiary/aromatic N) is 4. The molecule has 7 heteroatoms. The minimum absolute atomic E-state index is 0.112. The van der Waals surface area contributed by atoms with E-state index < -0.39 is 17.7 Å². The van der Waals surface area contributed by atoms with E-state index in [-0.39, 0.29) is 11.3 Å². The van der Waals surface area contributed by atoms with Gasteiger partial charge in [-0.3, -0.25) is 14.0 Å². The van der Waals surface area contributed by atoms with Crippen LogP contribution < -0.4 is 0 Å². The first-order valence-corrected chi connectivity index (χ1v) is 11.7. The fourth-order valence-electron chi connectivity index (χ4n) is 4.60. The van der Waals surface area contributed by atoms with Crippen LogP contribution >= 0.6 is 0 Å². The Bertz CT molecular complexity index is 1250. The number of hydrogen-bond donors (Lipinski definition) is 1. The van der Waals surface area contributed by atoms with Crippen LogP contribution in [-0.4, -0.2) is 63.2 Å². The molecule has 3 aromatic rings. The Morgan fingerprint density at radius 2 is 1.82 bits per heavy atom. The number of benzene rings is 1. The van der Waals surface area contributed by atoms with Crippen LogP contribution in [0.25, 0.3) is 11.4 Å². The number of rotatable bonds is 7. The number of aliphatic hydroxyl groups excluding tert-OH is 1. The summed E-state index contributed by atoms with van der Waals surface area (Å²) in [6.45, 7) is 7.24. The fourth-order valence-corrected chi connectivity index (χ4v) is 4.60. The number of imidazole rings is 1. The predicted octanol–water partition coefficient (Wildman–Crippen LogP) is 4.14. The maximum absolute atomic E-state index is 13.3. The molecule has 0 bridgehead atoms. The molecule has 34 heavy (non-hydrogen) atoms. The van der Waals surface area contributed by atoms with Crippen molar-refractivity contribution in [1.29, 1.82) is 0 Å². The molecule has 1 aromatic carbocycles. The number of aromatic nitrogens is 2. The number of aryl methyl sites for hydroxylation is 1. The number of aliphatic hydroxyl groups is 1. The maximum Gasteiger partial charge on any atom is 0.295 e. The molecule has 7 nitrogen and oxygen atoms in total. The van der Waals surface area contributed by atoms with Gasteiger partial charge in [-0.2, -0.15) is 0 Å². The lowest BCUT2D eigenvalue weighted by atomic mass is 9.93. The molecule has 4 rings (SSSR count). The third-order valence-electron chi connectivity index (χ3n) is 6.39. The van der Waals surface area contributed by atoms with E-state index >= 15 is 0 Å². The minimum atomic E-state index is -0.662. The molecule has 0 radical (unpaired) electrons. The normalized spacial score (nSPS) is 18.1. The van der Waals surface area contributed by atoms with Crippen LogP contribution in [0.15, 0.2) is 54.2 Å². The molecule has 1 amide bonds. The molecule has 1 aliphatic rings. The number of carbonyl (C=O) groups excluding carboxylic acids is 2. The van der Waals surface area contributed by atoms with Crippen molar-refractivity contribution in [3.05, 3.63) is 76.7 Å². The monoisotopic (exact) mass is 460 g/mol. The Kier molecular flexibility index (Phi) is 6.57. The van der Waals surface area contributed by atoms with E-state index in [1.807, 2.05) is 61.5 Å². The van der Waals surface area contributed by atoms with E-state index in [4.69, 9.17) is 0 Å². The number of amides is 1. The summed E-state index contributed by atoms with van der Waals surface area (Å²) in [4.78, 5) is 34.6. The molecule has 1 saturated heterocycles. The molecule has 0 spiro atoms. The highest BCUT2D eigenvalue weighted by Crippen LogP contribution is 2.40. The Morgan fingerprint density at radius 3 is 2.47 bits per heavy atom. The molecule has 1 aliphatic heterocycles. The van der Waals surface area contributed by atoms with Gasteiger partial charge in [0.1, 0.15) is 11.3 Å². The predicted molar refractivity (Wildman–Crippen MR) is 133 cm³/mol. The highest BCUT2D eigenvalue weighted by molar-refractivity contribution is 6.46. The van der Waals surface area contributed by atoms with Crippen LogP contribution in [0.1, 0.15) is 54.7 Å². The van der Waals surface area contributed by atoms with Crippen LogP contribution in [0.2, 0.25) is 0 Å². The van der Waals surface area contributed by atoms with Crippen molar-refractivity contribution < 1.29 is 14.7 Å². The first-order chi connectivity index (χ1) is 16.2. The Balaban J connectivity index is 1.86. The molecule has 1 fully saturated rings. The summed E-state index contributed by atoms with van der Waals surface area (Å²) >= 11 is 0. The first kappa shape index (κ1) is 23.7. The Hall–Kier alpha value is -3.45. The van der Waals surface area contributed by atoms with Crippen LogP contribution in [0, 0.1) is 6.92 Å². The Labute approximate surface area is 200 Å². The van der Waals surface area contributed by atoms with Crippen LogP contribution in [0.3, 0.4) is 0 Å². The fraction of sp³-hybridized carbons (Fsp3) is 0.370. The average Bonchev–Trinajstić information content (AvgIpc) is 3.27. The number of fused-ring (bicyclic) bond motifs is 1. The van der Waals surface area contributed by atoms with Crippen molar-refractivity contribution in [3.63, 3.8) is 0 Å². The van der Waals surface area contributed by atoms with E-state index in [9.17, 15) is 14.7 Å². The molecule has 0 unspecified atom stereocenters. The molecule has 0 saturated carbocycles. The lowest BCUT2D eigenvalue weighted by Gasteiger charge is -2.26. The van der Waals surface area contributed by atoms with E-state index in [1.165, 1.54) is 5.56 Å². The van der Waals surface area contributed by atoms with Gasteiger partial charge in [-0.15, -0.1) is 0 Å². The standard InChI is InChI=1S/C27H32N4O3/c1-17(2)19-10-12-20(13-11-19)24-22(26(33)27(34)31(24)16-8-14-29(4)5)25(32)23-18(3)28-21-9-6-7-15-30(21)23/h6-7,9-13,15,17,24,32H,8,14,16H2,1-5H3/b25-22+/t24-/m1/s1. The number of hydrogen-bond acceptors (Lipinski definition) is 5. The average molecular weight is 461 g/mol. The molecular weight excluding hydrogens is 428 g/mol. The van der Waals surface area contributed by atoms with Gasteiger partial charge < -0.3 is 14.9 Å². The third kappa shape index (κ3) is 4.23. The summed E-state index contributed by atoms with van der Waals surface area (Å²) in [6, 6.07) is 12.9. The van der Waals surface area contributed by atoms with Crippen molar-refractivity contribution in [3.8, 4) is 0 Å². The molecule has 1 atom stereocenters. The van der Waals surface area contributed by atoms with Gasteiger partial charge in [0.15, 0.2) is 5.76 Å². The van der Waals surface area contributed by atoms with Crippen LogP contribution in [-0.2, 0) is 9.59 Å². The van der Waals surface area contributed by atoms with Gasteiger partial charge in [-0.05, 0) is 63.2 Å². The van der Waals surface area contributed by atoms with Crippen molar-refractivity contribution in [1.82, 2.24) is 19.2 Å². The van der Waals surface area contributed by atoms with E-state index in [0.29, 0.717) is 29.5 Å². The van der Waals surface area contributed by atoms with Crippen molar-refractivity contribution in [2.24, 2.45) is 0 Å². The SMILES string of the molecule is Cc1nc2ccccn2c1/C(O)=C1\C(=O)C(=O)N(CCCN(C)C)[C@@H]1c1ccc(C(C)C)cc1. The van der Waals surface area contributed by atoms with Crippen molar-refractivity contribution in [2.75, 3.05) is 27.2 Å². The second kappa shape index (κ2) is 9.43. The zero-order valence-corrected chi connectivity index (χ0v) is 20.4. The third-order valence-corrected chi connectivity index (χ3v) is 6.39. The summed E-state index contributed by atoms with van der Waals surface area (Å²) in [6.07, 6.45) is 2.51. The van der Waals surface area contributed by atoms with Crippen LogP contribution in [0.5, 0.6) is 0 Å². The summed E-state index contributed by atoms with van der Waals surface area (Å²) in [5.41, 5.74) is 3.79. The molecular formula is C27H32N4O3. The topological polar surface area (TPSA) is 78.1 Å². The quantitative estimate of drug-likeness (QED) is 0.326. The highest BCUT2D eigenvalue weighted by Gasteiger charge is 2.46. The van der Waals surface area contributed by atoms with E-state index in [2.05, 4.69) is 18.8 Å². The minimum Gasteiger partial charge on any atom is -0.505 e. The number of likely N-dealkylation sites (tertiary alicyclic amines) is 1. The van der Waals surface area contributed by atoms with Crippen LogP contribution in [0.4, 0.5) is 0 Å². The van der Waals surface area contributed by atoms with Gasteiger partial charge in [0.2, 0.25) is 0 Å². The molecule has 2 aromatic heterocycles. The molecule has 1 N–H and O–H groups in total. The smallest absolute Gasteiger partial charge is 0.295 e. The van der Waals surface area contributed by atoms with Gasteiger partial charge in [-0.25, -0.2) is 4.98 Å². The second-order valence-corrected chi connectivity index (χ2v) is 9.45. The van der Waals surface area contributed by atoms with Gasteiger partial charge in [0.25, 0.3) is 11.7 Å². The highest BCUT2D eigenvalue weighted by atomic mass is 16.3.